The zero-order valence-electron chi connectivity index (χ0n) is 21.2. The molecule has 0 saturated heterocycles. The fourth-order valence-corrected chi connectivity index (χ4v) is 4.76. The molecule has 6 nitrogen and oxygen atoms in total. The molecule has 180 valence electrons. The Bertz CT molecular complexity index is 1410. The SMILES string of the molecule is COC(=O)C1=C(C)N(c2cccc(OC)c2)C(=O)/C1=C\c1cc(C)n(-c2ccc(C)cc2C)c1C. The van der Waals surface area contributed by atoms with Crippen molar-refractivity contribution < 1.29 is 19.1 Å². The van der Waals surface area contributed by atoms with Crippen LogP contribution in [-0.2, 0) is 14.3 Å². The van der Waals surface area contributed by atoms with E-state index in [1.807, 2.05) is 38.1 Å². The second kappa shape index (κ2) is 9.29. The first-order valence-electron chi connectivity index (χ1n) is 11.4. The summed E-state index contributed by atoms with van der Waals surface area (Å²) in [6.07, 6.45) is 1.79. The molecule has 0 radical (unpaired) electrons. The van der Waals surface area contributed by atoms with Crippen molar-refractivity contribution in [2.75, 3.05) is 19.1 Å². The number of carbonyl (C=O) groups excluding carboxylic acids is 2. The minimum absolute atomic E-state index is 0.261. The highest BCUT2D eigenvalue weighted by molar-refractivity contribution is 6.23. The van der Waals surface area contributed by atoms with E-state index in [1.165, 1.54) is 17.6 Å². The van der Waals surface area contributed by atoms with Gasteiger partial charge >= 0.3 is 5.97 Å². The van der Waals surface area contributed by atoms with E-state index < -0.39 is 5.97 Å². The molecule has 0 N–H and O–H groups in total. The molecule has 1 amide bonds. The van der Waals surface area contributed by atoms with Crippen LogP contribution in [0.4, 0.5) is 5.69 Å². The van der Waals surface area contributed by atoms with Crippen molar-refractivity contribution in [2.24, 2.45) is 0 Å². The summed E-state index contributed by atoms with van der Waals surface area (Å²) in [5.41, 5.74) is 8.05. The summed E-state index contributed by atoms with van der Waals surface area (Å²) in [6, 6.07) is 15.6. The van der Waals surface area contributed by atoms with Crippen LogP contribution in [0.3, 0.4) is 0 Å². The van der Waals surface area contributed by atoms with Gasteiger partial charge in [0, 0.05) is 28.8 Å². The van der Waals surface area contributed by atoms with Crippen molar-refractivity contribution in [3.63, 3.8) is 0 Å². The van der Waals surface area contributed by atoms with Crippen molar-refractivity contribution >= 4 is 23.6 Å². The first kappa shape index (κ1) is 24.1. The van der Waals surface area contributed by atoms with Gasteiger partial charge in [-0.25, -0.2) is 4.79 Å². The van der Waals surface area contributed by atoms with Gasteiger partial charge in [0.2, 0.25) is 0 Å². The number of hydrogen-bond donors (Lipinski definition) is 0. The zero-order chi connectivity index (χ0) is 25.4. The van der Waals surface area contributed by atoms with Gasteiger partial charge in [-0.2, -0.15) is 0 Å². The Labute approximate surface area is 206 Å². The van der Waals surface area contributed by atoms with Crippen molar-refractivity contribution in [3.05, 3.63) is 93.5 Å². The number of aryl methyl sites for hydroxylation is 3. The fraction of sp³-hybridized carbons (Fsp3) is 0.241. The molecule has 0 bridgehead atoms. The van der Waals surface area contributed by atoms with Crippen LogP contribution in [0.2, 0.25) is 0 Å². The second-order valence-electron chi connectivity index (χ2n) is 8.80. The zero-order valence-corrected chi connectivity index (χ0v) is 21.2. The Morgan fingerprint density at radius 3 is 2.34 bits per heavy atom. The number of aromatic nitrogens is 1. The van der Waals surface area contributed by atoms with Crippen LogP contribution in [0, 0.1) is 27.7 Å². The van der Waals surface area contributed by atoms with Gasteiger partial charge in [-0.15, -0.1) is 0 Å². The summed E-state index contributed by atoms with van der Waals surface area (Å²) in [5, 5.41) is 0. The molecular weight excluding hydrogens is 440 g/mol. The third-order valence-corrected chi connectivity index (χ3v) is 6.46. The normalized spacial score (nSPS) is 14.8. The minimum atomic E-state index is -0.546. The summed E-state index contributed by atoms with van der Waals surface area (Å²) >= 11 is 0. The summed E-state index contributed by atoms with van der Waals surface area (Å²) in [4.78, 5) is 28.0. The molecule has 1 aliphatic rings. The molecule has 3 aromatic rings. The molecule has 1 aromatic heterocycles. The van der Waals surface area contributed by atoms with Crippen molar-refractivity contribution in [1.82, 2.24) is 4.57 Å². The molecule has 35 heavy (non-hydrogen) atoms. The van der Waals surface area contributed by atoms with Crippen LogP contribution in [0.15, 0.2) is 65.4 Å². The quantitative estimate of drug-likeness (QED) is 0.360. The van der Waals surface area contributed by atoms with E-state index in [0.29, 0.717) is 22.7 Å². The molecule has 0 spiro atoms. The van der Waals surface area contributed by atoms with Gasteiger partial charge in [0.05, 0.1) is 31.1 Å². The standard InChI is InChI=1S/C29H30N2O4/c1-17-11-12-26(18(2)13-17)30-19(3)14-22(20(30)4)15-25-27(29(33)35-7)21(5)31(28(25)32)23-9-8-10-24(16-23)34-6/h8-16H,1-7H3/b25-15-. The van der Waals surface area contributed by atoms with Crippen LogP contribution in [-0.4, -0.2) is 30.7 Å². The number of nitrogens with zero attached hydrogens (tertiary/aromatic N) is 2. The molecule has 2 aromatic carbocycles. The van der Waals surface area contributed by atoms with E-state index in [-0.39, 0.29) is 11.5 Å². The predicted molar refractivity (Wildman–Crippen MR) is 138 cm³/mol. The number of ether oxygens (including phenoxy) is 2. The highest BCUT2D eigenvalue weighted by Crippen LogP contribution is 2.37. The summed E-state index contributed by atoms with van der Waals surface area (Å²) < 4.78 is 12.6. The largest absolute Gasteiger partial charge is 0.497 e. The fourth-order valence-electron chi connectivity index (χ4n) is 4.76. The number of methoxy groups -OCH3 is 2. The van der Waals surface area contributed by atoms with E-state index >= 15 is 0 Å². The Kier molecular flexibility index (Phi) is 6.39. The van der Waals surface area contributed by atoms with Crippen LogP contribution in [0.5, 0.6) is 5.75 Å². The molecule has 4 rings (SSSR count). The summed E-state index contributed by atoms with van der Waals surface area (Å²) in [6.45, 7) is 9.98. The number of benzene rings is 2. The van der Waals surface area contributed by atoms with Crippen LogP contribution in [0.25, 0.3) is 11.8 Å². The number of anilines is 1. The lowest BCUT2D eigenvalue weighted by Crippen LogP contribution is -2.24. The average molecular weight is 471 g/mol. The molecule has 0 aliphatic carbocycles. The van der Waals surface area contributed by atoms with E-state index in [1.54, 1.807) is 26.2 Å². The molecule has 0 saturated carbocycles. The topological polar surface area (TPSA) is 60.8 Å². The highest BCUT2D eigenvalue weighted by Gasteiger charge is 2.38. The number of carbonyl (C=O) groups is 2. The van der Waals surface area contributed by atoms with Gasteiger partial charge in [0.25, 0.3) is 5.91 Å². The Morgan fingerprint density at radius 1 is 0.943 bits per heavy atom. The third kappa shape index (κ3) is 4.16. The first-order valence-corrected chi connectivity index (χ1v) is 11.4. The Morgan fingerprint density at radius 2 is 1.69 bits per heavy atom. The van der Waals surface area contributed by atoms with Gasteiger partial charge < -0.3 is 14.0 Å². The van der Waals surface area contributed by atoms with Gasteiger partial charge in [-0.1, -0.05) is 23.8 Å². The van der Waals surface area contributed by atoms with Gasteiger partial charge in [-0.05, 0) is 76.1 Å². The highest BCUT2D eigenvalue weighted by atomic mass is 16.5. The van der Waals surface area contributed by atoms with Crippen LogP contribution in [0.1, 0.15) is 35.0 Å². The van der Waals surface area contributed by atoms with Crippen LogP contribution < -0.4 is 9.64 Å². The predicted octanol–water partition coefficient (Wildman–Crippen LogP) is 5.60. The van der Waals surface area contributed by atoms with Crippen molar-refractivity contribution in [3.8, 4) is 11.4 Å². The monoisotopic (exact) mass is 470 g/mol. The maximum absolute atomic E-state index is 13.7. The number of allylic oxidation sites excluding steroid dienone is 1. The number of amides is 1. The van der Waals surface area contributed by atoms with Crippen molar-refractivity contribution in [1.29, 1.82) is 0 Å². The molecule has 0 unspecified atom stereocenters. The summed E-state index contributed by atoms with van der Waals surface area (Å²) in [5.74, 6) is -0.208. The van der Waals surface area contributed by atoms with Crippen LogP contribution >= 0.6 is 0 Å². The molecule has 1 aliphatic heterocycles. The molecule has 0 fully saturated rings. The maximum Gasteiger partial charge on any atom is 0.340 e. The summed E-state index contributed by atoms with van der Waals surface area (Å²) in [7, 11) is 2.90. The molecule has 0 atom stereocenters. The smallest absolute Gasteiger partial charge is 0.340 e. The first-order chi connectivity index (χ1) is 16.7. The Balaban J connectivity index is 1.86. The molecular formula is C29H30N2O4. The average Bonchev–Trinajstić information content (AvgIpc) is 3.25. The van der Waals surface area contributed by atoms with Gasteiger partial charge in [-0.3, -0.25) is 9.69 Å². The van der Waals surface area contributed by atoms with E-state index in [4.69, 9.17) is 9.47 Å². The Hall–Kier alpha value is -4.06. The van der Waals surface area contributed by atoms with E-state index in [0.717, 1.165) is 28.2 Å². The maximum atomic E-state index is 13.7. The number of hydrogen-bond acceptors (Lipinski definition) is 4. The molecule has 6 heteroatoms. The van der Waals surface area contributed by atoms with Gasteiger partial charge in [0.15, 0.2) is 0 Å². The van der Waals surface area contributed by atoms with Crippen molar-refractivity contribution in [2.45, 2.75) is 34.6 Å². The number of esters is 1. The lowest BCUT2D eigenvalue weighted by molar-refractivity contribution is -0.136. The third-order valence-electron chi connectivity index (χ3n) is 6.46. The minimum Gasteiger partial charge on any atom is -0.497 e. The number of rotatable bonds is 5. The van der Waals surface area contributed by atoms with E-state index in [9.17, 15) is 9.59 Å². The second-order valence-corrected chi connectivity index (χ2v) is 8.80. The lowest BCUT2D eigenvalue weighted by atomic mass is 10.0. The molecule has 2 heterocycles. The van der Waals surface area contributed by atoms with E-state index in [2.05, 4.69) is 36.6 Å². The lowest BCUT2D eigenvalue weighted by Gasteiger charge is -2.18. The van der Waals surface area contributed by atoms with Gasteiger partial charge in [0.1, 0.15) is 5.75 Å².